The molecular formula is C23H30N4O3S. The molecule has 2 fully saturated rings. The van der Waals surface area contributed by atoms with Gasteiger partial charge in [0.2, 0.25) is 10.0 Å². The highest BCUT2D eigenvalue weighted by Gasteiger charge is 2.24. The second-order valence-electron chi connectivity index (χ2n) is 8.42. The summed E-state index contributed by atoms with van der Waals surface area (Å²) in [6.07, 6.45) is 2.14. The fraction of sp³-hybridized carbons (Fsp3) is 0.435. The van der Waals surface area contributed by atoms with Gasteiger partial charge in [-0.3, -0.25) is 4.79 Å². The molecule has 2 N–H and O–H groups in total. The van der Waals surface area contributed by atoms with Gasteiger partial charge >= 0.3 is 0 Å². The van der Waals surface area contributed by atoms with Gasteiger partial charge in [0, 0.05) is 50.5 Å². The molecule has 0 atom stereocenters. The van der Waals surface area contributed by atoms with Gasteiger partial charge in [0.25, 0.3) is 5.91 Å². The zero-order valence-electron chi connectivity index (χ0n) is 17.9. The van der Waals surface area contributed by atoms with Crippen LogP contribution in [0.25, 0.3) is 0 Å². The van der Waals surface area contributed by atoms with E-state index in [2.05, 4.69) is 33.0 Å². The first kappa shape index (κ1) is 21.8. The van der Waals surface area contributed by atoms with Crippen molar-refractivity contribution in [3.8, 4) is 0 Å². The lowest BCUT2D eigenvalue weighted by atomic mass is 10.1. The average Bonchev–Trinajstić information content (AvgIpc) is 3.62. The van der Waals surface area contributed by atoms with Gasteiger partial charge < -0.3 is 15.1 Å². The van der Waals surface area contributed by atoms with E-state index >= 15 is 0 Å². The monoisotopic (exact) mass is 442 g/mol. The Morgan fingerprint density at radius 1 is 1.03 bits per heavy atom. The largest absolute Gasteiger partial charge is 0.369 e. The molecule has 7 nitrogen and oxygen atoms in total. The highest BCUT2D eigenvalue weighted by atomic mass is 32.2. The molecule has 0 aromatic heterocycles. The van der Waals surface area contributed by atoms with Crippen molar-refractivity contribution in [2.45, 2.75) is 24.3 Å². The van der Waals surface area contributed by atoms with Gasteiger partial charge in [0.15, 0.2) is 0 Å². The summed E-state index contributed by atoms with van der Waals surface area (Å²) in [5.74, 6) is 0.161. The number of nitrogens with zero attached hydrogens (tertiary/aromatic N) is 2. The van der Waals surface area contributed by atoms with E-state index in [9.17, 15) is 13.2 Å². The second-order valence-corrected chi connectivity index (χ2v) is 10.2. The van der Waals surface area contributed by atoms with Crippen LogP contribution in [-0.4, -0.2) is 59.0 Å². The van der Waals surface area contributed by atoms with Crippen molar-refractivity contribution < 1.29 is 13.2 Å². The molecule has 1 saturated heterocycles. The maximum Gasteiger partial charge on any atom is 0.251 e. The molecule has 0 unspecified atom stereocenters. The average molecular weight is 443 g/mol. The highest BCUT2D eigenvalue weighted by molar-refractivity contribution is 7.89. The van der Waals surface area contributed by atoms with Crippen molar-refractivity contribution in [3.05, 3.63) is 59.7 Å². The standard InChI is InChI=1S/C23H30N4O3S/c1-26-11-13-27(14-12-26)22-8-3-2-5-20(22)17-24-23(28)19-6-4-7-21(15-19)31(29,30)25-16-18-9-10-18/h2-8,15,18,25H,9-14,16-17H2,1H3,(H,24,28). The van der Waals surface area contributed by atoms with Crippen molar-refractivity contribution in [3.63, 3.8) is 0 Å². The normalized spacial score (nSPS) is 17.5. The van der Waals surface area contributed by atoms with Crippen molar-refractivity contribution >= 4 is 21.6 Å². The van der Waals surface area contributed by atoms with Crippen LogP contribution in [0.3, 0.4) is 0 Å². The molecular weight excluding hydrogens is 412 g/mol. The highest BCUT2D eigenvalue weighted by Crippen LogP contribution is 2.28. The van der Waals surface area contributed by atoms with Gasteiger partial charge in [-0.25, -0.2) is 13.1 Å². The molecule has 1 aliphatic carbocycles. The maximum absolute atomic E-state index is 12.8. The molecule has 1 aliphatic heterocycles. The summed E-state index contributed by atoms with van der Waals surface area (Å²) in [4.78, 5) is 17.5. The number of piperazine rings is 1. The van der Waals surface area contributed by atoms with E-state index in [1.807, 2.05) is 18.2 Å². The number of amides is 1. The van der Waals surface area contributed by atoms with Crippen LogP contribution in [0.1, 0.15) is 28.8 Å². The molecule has 1 amide bonds. The molecule has 0 bridgehead atoms. The zero-order chi connectivity index (χ0) is 21.8. The number of likely N-dealkylation sites (N-methyl/N-ethyl adjacent to an activating group) is 1. The van der Waals surface area contributed by atoms with E-state index < -0.39 is 10.0 Å². The lowest BCUT2D eigenvalue weighted by Crippen LogP contribution is -2.45. The number of nitrogens with one attached hydrogen (secondary N) is 2. The zero-order valence-corrected chi connectivity index (χ0v) is 18.7. The predicted octanol–water partition coefficient (Wildman–Crippen LogP) is 2.06. The number of anilines is 1. The third-order valence-corrected chi connectivity index (χ3v) is 7.36. The van der Waals surface area contributed by atoms with E-state index in [0.717, 1.165) is 50.3 Å². The Morgan fingerprint density at radius 3 is 2.52 bits per heavy atom. The second kappa shape index (κ2) is 9.38. The Kier molecular flexibility index (Phi) is 6.60. The quantitative estimate of drug-likeness (QED) is 0.654. The van der Waals surface area contributed by atoms with Crippen molar-refractivity contribution in [2.75, 3.05) is 44.7 Å². The molecule has 0 spiro atoms. The summed E-state index contributed by atoms with van der Waals surface area (Å²) < 4.78 is 27.7. The molecule has 1 saturated carbocycles. The van der Waals surface area contributed by atoms with Gasteiger partial charge in [0.05, 0.1) is 4.90 Å². The van der Waals surface area contributed by atoms with Crippen molar-refractivity contribution in [1.29, 1.82) is 0 Å². The first-order valence-corrected chi connectivity index (χ1v) is 12.3. The molecule has 166 valence electrons. The summed E-state index contributed by atoms with van der Waals surface area (Å²) >= 11 is 0. The molecule has 4 rings (SSSR count). The predicted molar refractivity (Wildman–Crippen MR) is 122 cm³/mol. The Bertz CT molecular complexity index is 1030. The Balaban J connectivity index is 1.41. The molecule has 2 aliphatic rings. The minimum atomic E-state index is -3.60. The van der Waals surface area contributed by atoms with Gasteiger partial charge in [-0.2, -0.15) is 0 Å². The fourth-order valence-electron chi connectivity index (χ4n) is 3.73. The number of sulfonamides is 1. The molecule has 31 heavy (non-hydrogen) atoms. The molecule has 2 aromatic rings. The van der Waals surface area contributed by atoms with Crippen LogP contribution in [-0.2, 0) is 16.6 Å². The fourth-order valence-corrected chi connectivity index (χ4v) is 4.89. The number of carbonyl (C=O) groups is 1. The summed E-state index contributed by atoms with van der Waals surface area (Å²) in [7, 11) is -1.48. The summed E-state index contributed by atoms with van der Waals surface area (Å²) in [6.45, 7) is 4.78. The Labute approximate surface area is 184 Å². The third-order valence-electron chi connectivity index (χ3n) is 5.94. The number of hydrogen-bond donors (Lipinski definition) is 2. The van der Waals surface area contributed by atoms with Crippen molar-refractivity contribution in [2.24, 2.45) is 5.92 Å². The minimum absolute atomic E-state index is 0.124. The first-order chi connectivity index (χ1) is 14.9. The molecule has 8 heteroatoms. The Hall–Kier alpha value is -2.42. The SMILES string of the molecule is CN1CCN(c2ccccc2CNC(=O)c2cccc(S(=O)(=O)NCC3CC3)c2)CC1. The summed E-state index contributed by atoms with van der Waals surface area (Å²) in [6, 6.07) is 14.3. The van der Waals surface area contributed by atoms with Crippen LogP contribution >= 0.6 is 0 Å². The number of para-hydroxylation sites is 1. The maximum atomic E-state index is 12.8. The van der Waals surface area contributed by atoms with Crippen LogP contribution in [0, 0.1) is 5.92 Å². The van der Waals surface area contributed by atoms with Crippen LogP contribution in [0.2, 0.25) is 0 Å². The first-order valence-electron chi connectivity index (χ1n) is 10.8. The van der Waals surface area contributed by atoms with E-state index in [0.29, 0.717) is 24.6 Å². The Morgan fingerprint density at radius 2 is 1.77 bits per heavy atom. The van der Waals surface area contributed by atoms with Crippen LogP contribution in [0.5, 0.6) is 0 Å². The van der Waals surface area contributed by atoms with Crippen LogP contribution < -0.4 is 14.9 Å². The lowest BCUT2D eigenvalue weighted by Gasteiger charge is -2.35. The molecule has 2 aromatic carbocycles. The van der Waals surface area contributed by atoms with E-state index in [1.54, 1.807) is 12.1 Å². The van der Waals surface area contributed by atoms with E-state index in [1.165, 1.54) is 12.1 Å². The van der Waals surface area contributed by atoms with Gasteiger partial charge in [-0.1, -0.05) is 24.3 Å². The topological polar surface area (TPSA) is 81.8 Å². The summed E-state index contributed by atoms with van der Waals surface area (Å²) in [5.41, 5.74) is 2.53. The summed E-state index contributed by atoms with van der Waals surface area (Å²) in [5, 5.41) is 2.95. The number of carbonyl (C=O) groups excluding carboxylic acids is 1. The number of rotatable bonds is 8. The van der Waals surface area contributed by atoms with Gasteiger partial charge in [-0.05, 0) is 55.6 Å². The lowest BCUT2D eigenvalue weighted by molar-refractivity contribution is 0.0950. The van der Waals surface area contributed by atoms with Crippen LogP contribution in [0.15, 0.2) is 53.4 Å². The molecule has 1 heterocycles. The van der Waals surface area contributed by atoms with Gasteiger partial charge in [0.1, 0.15) is 0 Å². The number of hydrogen-bond acceptors (Lipinski definition) is 5. The van der Waals surface area contributed by atoms with Crippen LogP contribution in [0.4, 0.5) is 5.69 Å². The minimum Gasteiger partial charge on any atom is -0.369 e. The molecule has 0 radical (unpaired) electrons. The number of benzene rings is 2. The van der Waals surface area contributed by atoms with Crippen molar-refractivity contribution in [1.82, 2.24) is 14.9 Å². The smallest absolute Gasteiger partial charge is 0.251 e. The third kappa shape index (κ3) is 5.64. The van der Waals surface area contributed by atoms with E-state index in [4.69, 9.17) is 0 Å². The van der Waals surface area contributed by atoms with Gasteiger partial charge in [-0.15, -0.1) is 0 Å². The van der Waals surface area contributed by atoms with E-state index in [-0.39, 0.29) is 10.8 Å².